The van der Waals surface area contributed by atoms with E-state index in [0.717, 1.165) is 18.2 Å². The van der Waals surface area contributed by atoms with Gasteiger partial charge in [-0.25, -0.2) is 0 Å². The highest BCUT2D eigenvalue weighted by molar-refractivity contribution is 5.90. The van der Waals surface area contributed by atoms with Crippen LogP contribution in [-0.4, -0.2) is 24.2 Å². The van der Waals surface area contributed by atoms with E-state index in [2.05, 4.69) is 10.3 Å². The molecule has 24 heavy (non-hydrogen) atoms. The van der Waals surface area contributed by atoms with Crippen molar-refractivity contribution in [2.75, 3.05) is 12.4 Å². The number of nitrogens with one attached hydrogen (secondary N) is 1. The molecule has 0 radical (unpaired) electrons. The van der Waals surface area contributed by atoms with Crippen LogP contribution in [0.15, 0.2) is 41.4 Å². The van der Waals surface area contributed by atoms with Crippen molar-refractivity contribution in [1.29, 1.82) is 0 Å². The number of nitro benzene ring substituents is 1. The lowest BCUT2D eigenvalue weighted by Crippen LogP contribution is -2.05. The average molecular weight is 328 g/mol. The molecule has 0 unspecified atom stereocenters. The van der Waals surface area contributed by atoms with E-state index < -0.39 is 4.92 Å². The number of carbonyl (C=O) groups is 1. The van der Waals surface area contributed by atoms with Gasteiger partial charge in [-0.3, -0.25) is 19.9 Å². The van der Waals surface area contributed by atoms with Crippen molar-refractivity contribution in [1.82, 2.24) is 0 Å². The van der Waals surface area contributed by atoms with Gasteiger partial charge in [0.05, 0.1) is 12.0 Å². The second kappa shape index (κ2) is 7.23. The van der Waals surface area contributed by atoms with Gasteiger partial charge in [0.1, 0.15) is 11.4 Å². The maximum absolute atomic E-state index is 11.8. The van der Waals surface area contributed by atoms with E-state index in [0.29, 0.717) is 17.1 Å². The molecule has 8 heteroatoms. The minimum absolute atomic E-state index is 0.0798. The highest BCUT2D eigenvalue weighted by atomic mass is 16.6. The molecule has 0 aliphatic heterocycles. The van der Waals surface area contributed by atoms with Gasteiger partial charge < -0.3 is 15.2 Å². The number of hydrogen-bond acceptors (Lipinski definition) is 6. The zero-order chi connectivity index (χ0) is 17.7. The summed E-state index contributed by atoms with van der Waals surface area (Å²) in [6.07, 6.45) is 1.23. The zero-order valence-corrected chi connectivity index (χ0v) is 13.0. The lowest BCUT2D eigenvalue weighted by atomic mass is 10.2. The smallest absolute Gasteiger partial charge is 0.270 e. The summed E-state index contributed by atoms with van der Waals surface area (Å²) in [5.41, 5.74) is 0.762. The van der Waals surface area contributed by atoms with Crippen LogP contribution in [0.25, 0.3) is 0 Å². The molecule has 1 amide bonds. The van der Waals surface area contributed by atoms with Crippen molar-refractivity contribution >= 4 is 29.2 Å². The normalized spacial score (nSPS) is 10.6. The van der Waals surface area contributed by atoms with Gasteiger partial charge in [0.2, 0.25) is 5.91 Å². The summed E-state index contributed by atoms with van der Waals surface area (Å²) in [7, 11) is 1.46. The lowest BCUT2D eigenvalue weighted by Gasteiger charge is -2.10. The molecule has 0 spiro atoms. The van der Waals surface area contributed by atoms with Crippen molar-refractivity contribution in [3.8, 4) is 11.5 Å². The third-order valence-corrected chi connectivity index (χ3v) is 3.05. The van der Waals surface area contributed by atoms with Gasteiger partial charge in [-0.15, -0.1) is 0 Å². The molecule has 0 saturated heterocycles. The lowest BCUT2D eigenvalue weighted by molar-refractivity contribution is -0.385. The molecule has 0 aromatic heterocycles. The van der Waals surface area contributed by atoms with E-state index in [1.165, 1.54) is 20.2 Å². The van der Waals surface area contributed by atoms with E-state index in [4.69, 9.17) is 4.74 Å². The quantitative estimate of drug-likeness (QED) is 0.514. The molecule has 0 aliphatic carbocycles. The zero-order valence-electron chi connectivity index (χ0n) is 13.0. The van der Waals surface area contributed by atoms with Crippen LogP contribution in [0.1, 0.15) is 12.5 Å². The summed E-state index contributed by atoms with van der Waals surface area (Å²) in [4.78, 5) is 25.5. The van der Waals surface area contributed by atoms with Crippen LogP contribution in [0.2, 0.25) is 0 Å². The molecule has 0 fully saturated rings. The number of benzene rings is 2. The van der Waals surface area contributed by atoms with Crippen LogP contribution in [0.4, 0.5) is 17.1 Å². The van der Waals surface area contributed by atoms with Crippen LogP contribution < -0.4 is 15.2 Å². The van der Waals surface area contributed by atoms with Gasteiger partial charge in [-0.1, -0.05) is 11.8 Å². The number of anilines is 1. The fourth-order valence-corrected chi connectivity index (χ4v) is 1.96. The number of nitrogens with zero attached hydrogens (tertiary/aromatic N) is 2. The van der Waals surface area contributed by atoms with Gasteiger partial charge in [0.25, 0.3) is 5.69 Å². The second-order valence-corrected chi connectivity index (χ2v) is 4.81. The Morgan fingerprint density at radius 2 is 2.04 bits per heavy atom. The third-order valence-electron chi connectivity index (χ3n) is 3.05. The first kappa shape index (κ1) is 16.9. The van der Waals surface area contributed by atoms with Crippen molar-refractivity contribution in [2.24, 2.45) is 4.99 Å². The highest BCUT2D eigenvalue weighted by Crippen LogP contribution is 2.31. The molecule has 0 bridgehead atoms. The summed E-state index contributed by atoms with van der Waals surface area (Å²) in [5, 5.41) is 25.2. The Labute approximate surface area is 137 Å². The van der Waals surface area contributed by atoms with Gasteiger partial charge in [-0.2, -0.15) is 0 Å². The van der Waals surface area contributed by atoms with E-state index >= 15 is 0 Å². The Hall–Kier alpha value is -3.42. The molecule has 0 heterocycles. The Morgan fingerprint density at radius 3 is 2.67 bits per heavy atom. The minimum atomic E-state index is -0.589. The Bertz CT molecular complexity index is 817. The second-order valence-electron chi connectivity index (χ2n) is 4.81. The number of nitro groups is 1. The molecule has 0 atom stereocenters. The first-order valence-electron chi connectivity index (χ1n) is 6.86. The van der Waals surface area contributed by atoms with E-state index in [-0.39, 0.29) is 22.9 Å². The predicted molar refractivity (Wildman–Crippen MR) is 87.1 cm³/mol. The number of hydrogen-bond donors (Lipinski definition) is 1. The molecule has 0 saturated carbocycles. The van der Waals surface area contributed by atoms with Crippen molar-refractivity contribution in [2.45, 2.75) is 6.92 Å². The molecule has 8 nitrogen and oxygen atoms in total. The molecular formula is C16H14N3O5-. The number of ether oxygens (including phenoxy) is 1. The third kappa shape index (κ3) is 4.07. The van der Waals surface area contributed by atoms with Crippen molar-refractivity contribution in [3.05, 3.63) is 52.1 Å². The van der Waals surface area contributed by atoms with Crippen LogP contribution in [0, 0.1) is 10.1 Å². The topological polar surface area (TPSA) is 117 Å². The van der Waals surface area contributed by atoms with Crippen LogP contribution in [0.3, 0.4) is 0 Å². The number of non-ortho nitro benzene ring substituents is 1. The highest BCUT2D eigenvalue weighted by Gasteiger charge is 2.07. The van der Waals surface area contributed by atoms with E-state index in [9.17, 15) is 20.0 Å². The predicted octanol–water partition coefficient (Wildman–Crippen LogP) is 2.39. The summed E-state index contributed by atoms with van der Waals surface area (Å²) in [6, 6.07) is 8.23. The maximum Gasteiger partial charge on any atom is 0.270 e. The molecule has 1 N–H and O–H groups in total. The summed E-state index contributed by atoms with van der Waals surface area (Å²) in [6.45, 7) is 1.37. The standard InChI is InChI=1S/C16H15N3O5/c1-10(20)18-12-3-6-16(24-2)14(8-12)17-9-11-7-13(19(22)23)4-5-15(11)21/h3-9,21H,1-2H3,(H,18,20)/p-1. The molecule has 2 aromatic carbocycles. The van der Waals surface area contributed by atoms with E-state index in [1.807, 2.05) is 0 Å². The Balaban J connectivity index is 2.39. The Kier molecular flexibility index (Phi) is 5.10. The first-order chi connectivity index (χ1) is 11.4. The summed E-state index contributed by atoms with van der Waals surface area (Å²) >= 11 is 0. The first-order valence-corrected chi connectivity index (χ1v) is 6.86. The van der Waals surface area contributed by atoms with Crippen molar-refractivity contribution < 1.29 is 19.6 Å². The van der Waals surface area contributed by atoms with Gasteiger partial charge in [-0.05, 0) is 23.8 Å². The van der Waals surface area contributed by atoms with Gasteiger partial charge >= 0.3 is 0 Å². The van der Waals surface area contributed by atoms with Crippen molar-refractivity contribution in [3.63, 3.8) is 0 Å². The molecule has 124 valence electrons. The number of amides is 1. The molecule has 2 aromatic rings. The minimum Gasteiger partial charge on any atom is -0.872 e. The van der Waals surface area contributed by atoms with Crippen LogP contribution in [-0.2, 0) is 4.79 Å². The monoisotopic (exact) mass is 328 g/mol. The molecule has 0 aliphatic rings. The fourth-order valence-electron chi connectivity index (χ4n) is 1.96. The number of methoxy groups -OCH3 is 1. The number of rotatable bonds is 5. The summed E-state index contributed by atoms with van der Waals surface area (Å²) < 4.78 is 5.17. The largest absolute Gasteiger partial charge is 0.872 e. The van der Waals surface area contributed by atoms with Gasteiger partial charge in [0, 0.05) is 31.0 Å². The maximum atomic E-state index is 11.8. The molecular weight excluding hydrogens is 314 g/mol. The number of carbonyl (C=O) groups excluding carboxylic acids is 1. The van der Waals surface area contributed by atoms with Crippen LogP contribution >= 0.6 is 0 Å². The number of aliphatic imine (C=N–C) groups is 1. The van der Waals surface area contributed by atoms with E-state index in [1.54, 1.807) is 18.2 Å². The van der Waals surface area contributed by atoms with Gasteiger partial charge in [0.15, 0.2) is 0 Å². The molecule has 2 rings (SSSR count). The summed E-state index contributed by atoms with van der Waals surface area (Å²) in [5.74, 6) is -0.199. The average Bonchev–Trinajstić information content (AvgIpc) is 2.53. The van der Waals surface area contributed by atoms with Crippen LogP contribution in [0.5, 0.6) is 11.5 Å². The fraction of sp³-hybridized carbons (Fsp3) is 0.125. The Morgan fingerprint density at radius 1 is 1.29 bits per heavy atom. The SMILES string of the molecule is COc1ccc(NC(C)=O)cc1N=Cc1cc([N+](=O)[O-])ccc1[O-].